The fourth-order valence-electron chi connectivity index (χ4n) is 1.99. The van der Waals surface area contributed by atoms with Gasteiger partial charge in [-0.2, -0.15) is 23.1 Å². The van der Waals surface area contributed by atoms with Crippen molar-refractivity contribution in [1.29, 1.82) is 0 Å². The van der Waals surface area contributed by atoms with Gasteiger partial charge in [0.05, 0.1) is 6.20 Å². The van der Waals surface area contributed by atoms with Crippen molar-refractivity contribution in [3.63, 3.8) is 0 Å². The molecule has 6 nitrogen and oxygen atoms in total. The summed E-state index contributed by atoms with van der Waals surface area (Å²) in [6, 6.07) is 11.3. The number of hydrogen-bond donors (Lipinski definition) is 1. The molecule has 1 aromatic heterocycles. The highest BCUT2D eigenvalue weighted by atomic mass is 32.2. The minimum absolute atomic E-state index is 0.188. The summed E-state index contributed by atoms with van der Waals surface area (Å²) in [6.07, 6.45) is 8.04. The van der Waals surface area contributed by atoms with Crippen molar-refractivity contribution in [2.24, 2.45) is 0 Å². The van der Waals surface area contributed by atoms with Crippen molar-refractivity contribution < 1.29 is 8.42 Å². The number of benzene rings is 1. The fraction of sp³-hybridized carbons (Fsp3) is 0.0714. The van der Waals surface area contributed by atoms with Crippen LogP contribution in [0.25, 0.3) is 0 Å². The molecule has 0 unspecified atom stereocenters. The Morgan fingerprint density at radius 1 is 1.14 bits per heavy atom. The predicted octanol–water partition coefficient (Wildman–Crippen LogP) is 1.67. The number of allylic oxidation sites excluding steroid dienone is 1. The molecule has 7 heteroatoms. The quantitative estimate of drug-likeness (QED) is 0.933. The minimum Gasteiger partial charge on any atom is -0.343 e. The molecular formula is C14H14N4O2S. The molecule has 0 fully saturated rings. The average molecular weight is 302 g/mol. The number of para-hydroxylation sites is 1. The monoisotopic (exact) mass is 302 g/mol. The fourth-order valence-corrected chi connectivity index (χ4v) is 2.99. The molecule has 1 aromatic carbocycles. The molecule has 0 atom stereocenters. The molecule has 0 spiro atoms. The molecule has 21 heavy (non-hydrogen) atoms. The van der Waals surface area contributed by atoms with Gasteiger partial charge in [-0.15, -0.1) is 0 Å². The number of anilines is 1. The maximum atomic E-state index is 12.3. The van der Waals surface area contributed by atoms with Crippen molar-refractivity contribution >= 4 is 15.7 Å². The summed E-state index contributed by atoms with van der Waals surface area (Å²) in [6.45, 7) is 0.630. The Bertz CT molecular complexity index is 765. The van der Waals surface area contributed by atoms with Gasteiger partial charge >= 0.3 is 0 Å². The van der Waals surface area contributed by atoms with Crippen molar-refractivity contribution in [1.82, 2.24) is 9.89 Å². The Morgan fingerprint density at radius 2 is 1.95 bits per heavy atom. The highest BCUT2D eigenvalue weighted by molar-refractivity contribution is 7.96. The zero-order chi connectivity index (χ0) is 14.7. The first-order valence-electron chi connectivity index (χ1n) is 6.38. The van der Waals surface area contributed by atoms with Gasteiger partial charge in [0, 0.05) is 24.6 Å². The summed E-state index contributed by atoms with van der Waals surface area (Å²) in [5.74, 6) is 0. The standard InChI is InChI=1S/C14H14N4O2S/c19-21(20,16-18-11-5-9-15-18)14-8-4-10-17(12-14)13-6-2-1-3-7-13/h1-9,11-12,16H,10H2. The molecule has 0 aliphatic carbocycles. The number of rotatable bonds is 4. The van der Waals surface area contributed by atoms with E-state index < -0.39 is 10.0 Å². The first kappa shape index (κ1) is 13.4. The van der Waals surface area contributed by atoms with Crippen molar-refractivity contribution in [2.45, 2.75) is 0 Å². The lowest BCUT2D eigenvalue weighted by molar-refractivity contribution is 0.598. The van der Waals surface area contributed by atoms with E-state index in [-0.39, 0.29) is 4.91 Å². The van der Waals surface area contributed by atoms with Crippen LogP contribution in [0.3, 0.4) is 0 Å². The third kappa shape index (κ3) is 2.97. The Kier molecular flexibility index (Phi) is 3.49. The van der Waals surface area contributed by atoms with E-state index in [4.69, 9.17) is 0 Å². The largest absolute Gasteiger partial charge is 0.343 e. The van der Waals surface area contributed by atoms with Gasteiger partial charge in [-0.1, -0.05) is 24.3 Å². The molecular weight excluding hydrogens is 288 g/mol. The van der Waals surface area contributed by atoms with Crippen LogP contribution in [0.5, 0.6) is 0 Å². The first-order valence-corrected chi connectivity index (χ1v) is 7.86. The third-order valence-electron chi connectivity index (χ3n) is 2.98. The molecule has 1 aliphatic rings. The lowest BCUT2D eigenvalue weighted by Crippen LogP contribution is -2.28. The second-order valence-corrected chi connectivity index (χ2v) is 6.13. The van der Waals surface area contributed by atoms with Crippen LogP contribution in [0.4, 0.5) is 5.69 Å². The van der Waals surface area contributed by atoms with Crippen molar-refractivity contribution in [2.75, 3.05) is 16.3 Å². The number of aromatic nitrogens is 2. The van der Waals surface area contributed by atoms with E-state index in [9.17, 15) is 8.42 Å². The van der Waals surface area contributed by atoms with Crippen LogP contribution in [-0.2, 0) is 10.0 Å². The normalized spacial score (nSPS) is 14.9. The number of nitrogens with one attached hydrogen (secondary N) is 1. The topological polar surface area (TPSA) is 67.2 Å². The van der Waals surface area contributed by atoms with Gasteiger partial charge in [0.15, 0.2) is 0 Å². The SMILES string of the molecule is O=S(=O)(Nn1cccn1)C1=CN(c2ccccc2)CC=C1. The maximum Gasteiger partial charge on any atom is 0.278 e. The van der Waals surface area contributed by atoms with Gasteiger partial charge in [-0.3, -0.25) is 0 Å². The highest BCUT2D eigenvalue weighted by Gasteiger charge is 2.19. The third-order valence-corrected chi connectivity index (χ3v) is 4.27. The van der Waals surface area contributed by atoms with E-state index in [1.807, 2.05) is 41.3 Å². The van der Waals surface area contributed by atoms with Gasteiger partial charge in [-0.25, -0.2) is 0 Å². The minimum atomic E-state index is -3.66. The molecule has 0 saturated heterocycles. The van der Waals surface area contributed by atoms with Crippen molar-refractivity contribution in [3.8, 4) is 0 Å². The molecule has 108 valence electrons. The van der Waals surface area contributed by atoms with Crippen LogP contribution in [0.15, 0.2) is 72.0 Å². The van der Waals surface area contributed by atoms with E-state index in [0.29, 0.717) is 6.54 Å². The van der Waals surface area contributed by atoms with Gasteiger partial charge < -0.3 is 4.90 Å². The second kappa shape index (κ2) is 5.45. The Morgan fingerprint density at radius 3 is 2.67 bits per heavy atom. The predicted molar refractivity (Wildman–Crippen MR) is 81.5 cm³/mol. The summed E-state index contributed by atoms with van der Waals surface area (Å²) in [5.41, 5.74) is 0.939. The Labute approximate surface area is 123 Å². The van der Waals surface area contributed by atoms with Crippen LogP contribution in [-0.4, -0.2) is 24.9 Å². The van der Waals surface area contributed by atoms with Crippen LogP contribution in [0.1, 0.15) is 0 Å². The van der Waals surface area contributed by atoms with Gasteiger partial charge in [0.25, 0.3) is 10.0 Å². The summed E-state index contributed by atoms with van der Waals surface area (Å²) in [4.78, 5) is 5.59. The summed E-state index contributed by atoms with van der Waals surface area (Å²) in [5, 5.41) is 3.83. The van der Waals surface area contributed by atoms with Crippen LogP contribution < -0.4 is 9.73 Å². The van der Waals surface area contributed by atoms with Gasteiger partial charge in [-0.05, 0) is 24.3 Å². The lowest BCUT2D eigenvalue weighted by atomic mass is 10.2. The highest BCUT2D eigenvalue weighted by Crippen LogP contribution is 2.20. The first-order chi connectivity index (χ1) is 10.1. The number of nitrogens with zero attached hydrogens (tertiary/aromatic N) is 3. The lowest BCUT2D eigenvalue weighted by Gasteiger charge is -2.23. The van der Waals surface area contributed by atoms with E-state index in [1.165, 1.54) is 12.4 Å². The molecule has 3 rings (SSSR count). The molecule has 2 aromatic rings. The molecule has 0 bridgehead atoms. The molecule has 0 amide bonds. The van der Waals surface area contributed by atoms with Crippen LogP contribution in [0, 0.1) is 0 Å². The van der Waals surface area contributed by atoms with E-state index >= 15 is 0 Å². The molecule has 2 heterocycles. The Balaban J connectivity index is 1.87. The van der Waals surface area contributed by atoms with Gasteiger partial charge in [0.1, 0.15) is 4.91 Å². The Hall–Kier alpha value is -2.54. The van der Waals surface area contributed by atoms with Crippen molar-refractivity contribution in [3.05, 3.63) is 72.0 Å². The maximum absolute atomic E-state index is 12.3. The van der Waals surface area contributed by atoms with Crippen LogP contribution >= 0.6 is 0 Å². The molecule has 1 aliphatic heterocycles. The number of sulfonamides is 1. The molecule has 1 N–H and O–H groups in total. The average Bonchev–Trinajstić information content (AvgIpc) is 3.00. The second-order valence-electron chi connectivity index (χ2n) is 4.47. The summed E-state index contributed by atoms with van der Waals surface area (Å²) < 4.78 is 24.6. The van der Waals surface area contributed by atoms with Crippen LogP contribution in [0.2, 0.25) is 0 Å². The summed E-state index contributed by atoms with van der Waals surface area (Å²) >= 11 is 0. The molecule has 0 radical (unpaired) electrons. The molecule has 0 saturated carbocycles. The van der Waals surface area contributed by atoms with E-state index in [0.717, 1.165) is 10.5 Å². The number of hydrogen-bond acceptors (Lipinski definition) is 4. The smallest absolute Gasteiger partial charge is 0.278 e. The van der Waals surface area contributed by atoms with Gasteiger partial charge in [0.2, 0.25) is 0 Å². The van der Waals surface area contributed by atoms with E-state index in [2.05, 4.69) is 9.93 Å². The summed E-state index contributed by atoms with van der Waals surface area (Å²) in [7, 11) is -3.66. The zero-order valence-electron chi connectivity index (χ0n) is 11.1. The zero-order valence-corrected chi connectivity index (χ0v) is 11.9. The van der Waals surface area contributed by atoms with E-state index in [1.54, 1.807) is 18.3 Å².